The fourth-order valence-corrected chi connectivity index (χ4v) is 1.91. The van der Waals surface area contributed by atoms with Crippen molar-refractivity contribution in [3.63, 3.8) is 0 Å². The molecule has 128 valence electrons. The van der Waals surface area contributed by atoms with Crippen LogP contribution in [-0.2, 0) is 11.0 Å². The second kappa shape index (κ2) is 8.40. The van der Waals surface area contributed by atoms with Crippen LogP contribution in [0.25, 0.3) is 0 Å². The zero-order chi connectivity index (χ0) is 17.5. The normalized spacial score (nSPS) is 12.4. The molecule has 1 aromatic rings. The van der Waals surface area contributed by atoms with Crippen LogP contribution in [-0.4, -0.2) is 24.5 Å². The molecule has 0 radical (unpaired) electrons. The van der Waals surface area contributed by atoms with Gasteiger partial charge in [0, 0.05) is 11.7 Å². The molecule has 0 aliphatic heterocycles. The van der Waals surface area contributed by atoms with Crippen molar-refractivity contribution in [3.05, 3.63) is 29.8 Å². The van der Waals surface area contributed by atoms with Gasteiger partial charge in [0.2, 0.25) is 5.91 Å². The molecule has 0 bridgehead atoms. The van der Waals surface area contributed by atoms with Gasteiger partial charge in [0.05, 0.1) is 12.1 Å². The van der Waals surface area contributed by atoms with Crippen molar-refractivity contribution < 1.29 is 22.8 Å². The van der Waals surface area contributed by atoms with Crippen molar-refractivity contribution in [2.45, 2.75) is 38.9 Å². The maximum Gasteiger partial charge on any atom is 0.416 e. The summed E-state index contributed by atoms with van der Waals surface area (Å²) in [7, 11) is 0. The van der Waals surface area contributed by atoms with E-state index in [-0.39, 0.29) is 24.2 Å². The Morgan fingerprint density at radius 1 is 1.17 bits per heavy atom. The Morgan fingerprint density at radius 3 is 2.30 bits per heavy atom. The number of rotatable bonds is 6. The molecule has 23 heavy (non-hydrogen) atoms. The maximum absolute atomic E-state index is 12.4. The molecule has 0 aliphatic carbocycles. The predicted octanol–water partition coefficient (Wildman–Crippen LogP) is 3.13. The van der Waals surface area contributed by atoms with Gasteiger partial charge in [-0.1, -0.05) is 13.3 Å². The first-order valence-electron chi connectivity index (χ1n) is 7.24. The molecule has 0 fully saturated rings. The first kappa shape index (κ1) is 18.8. The summed E-state index contributed by atoms with van der Waals surface area (Å²) in [5, 5.41) is 7.41. The van der Waals surface area contributed by atoms with E-state index >= 15 is 0 Å². The van der Waals surface area contributed by atoms with Crippen molar-refractivity contribution in [1.82, 2.24) is 10.6 Å². The lowest BCUT2D eigenvalue weighted by Crippen LogP contribution is -2.42. The largest absolute Gasteiger partial charge is 0.416 e. The predicted molar refractivity (Wildman–Crippen MR) is 81.0 cm³/mol. The summed E-state index contributed by atoms with van der Waals surface area (Å²) in [5.41, 5.74) is -0.594. The van der Waals surface area contributed by atoms with E-state index in [0.29, 0.717) is 0 Å². The number of benzene rings is 1. The molecule has 3 N–H and O–H groups in total. The SMILES string of the molecule is CCCC(C)NC(=O)CNC(=O)Nc1ccc(C(F)(F)F)cc1. The van der Waals surface area contributed by atoms with Crippen LogP contribution in [0.3, 0.4) is 0 Å². The number of carbonyl (C=O) groups excluding carboxylic acids is 2. The molecule has 8 heteroatoms. The molecule has 0 spiro atoms. The van der Waals surface area contributed by atoms with Crippen LogP contribution in [0.5, 0.6) is 0 Å². The van der Waals surface area contributed by atoms with Gasteiger partial charge in [-0.3, -0.25) is 4.79 Å². The van der Waals surface area contributed by atoms with E-state index in [9.17, 15) is 22.8 Å². The number of hydrogen-bond donors (Lipinski definition) is 3. The monoisotopic (exact) mass is 331 g/mol. The second-order valence-electron chi connectivity index (χ2n) is 5.14. The lowest BCUT2D eigenvalue weighted by Gasteiger charge is -2.13. The molecule has 0 saturated carbocycles. The zero-order valence-corrected chi connectivity index (χ0v) is 13.0. The van der Waals surface area contributed by atoms with Crippen LogP contribution >= 0.6 is 0 Å². The number of urea groups is 1. The summed E-state index contributed by atoms with van der Waals surface area (Å²) >= 11 is 0. The quantitative estimate of drug-likeness (QED) is 0.749. The molecule has 3 amide bonds. The van der Waals surface area contributed by atoms with E-state index in [1.807, 2.05) is 13.8 Å². The molecular formula is C15H20F3N3O2. The third-order valence-electron chi connectivity index (χ3n) is 3.01. The minimum Gasteiger partial charge on any atom is -0.352 e. The van der Waals surface area contributed by atoms with Crippen molar-refractivity contribution in [1.29, 1.82) is 0 Å². The summed E-state index contributed by atoms with van der Waals surface area (Å²) in [6.45, 7) is 3.66. The van der Waals surface area contributed by atoms with Gasteiger partial charge < -0.3 is 16.0 Å². The van der Waals surface area contributed by atoms with Crippen molar-refractivity contribution in [2.75, 3.05) is 11.9 Å². The highest BCUT2D eigenvalue weighted by molar-refractivity contribution is 5.92. The van der Waals surface area contributed by atoms with Gasteiger partial charge in [-0.05, 0) is 37.6 Å². The van der Waals surface area contributed by atoms with Gasteiger partial charge in [-0.2, -0.15) is 13.2 Å². The third kappa shape index (κ3) is 7.03. The lowest BCUT2D eigenvalue weighted by atomic mass is 10.2. The number of hydrogen-bond acceptors (Lipinski definition) is 2. The van der Waals surface area contributed by atoms with Gasteiger partial charge in [0.1, 0.15) is 0 Å². The summed E-state index contributed by atoms with van der Waals surface area (Å²) in [6, 6.07) is 3.39. The van der Waals surface area contributed by atoms with E-state index in [0.717, 1.165) is 37.1 Å². The number of carbonyl (C=O) groups is 2. The average molecular weight is 331 g/mol. The topological polar surface area (TPSA) is 70.2 Å². The van der Waals surface area contributed by atoms with E-state index in [1.165, 1.54) is 0 Å². The Morgan fingerprint density at radius 2 is 1.78 bits per heavy atom. The Balaban J connectivity index is 2.40. The Kier molecular flexibility index (Phi) is 6.87. The molecular weight excluding hydrogens is 311 g/mol. The zero-order valence-electron chi connectivity index (χ0n) is 13.0. The number of halogens is 3. The first-order valence-corrected chi connectivity index (χ1v) is 7.24. The van der Waals surface area contributed by atoms with Crippen LogP contribution in [0.4, 0.5) is 23.7 Å². The van der Waals surface area contributed by atoms with Crippen LogP contribution in [0, 0.1) is 0 Å². The van der Waals surface area contributed by atoms with Crippen molar-refractivity contribution >= 4 is 17.6 Å². The second-order valence-corrected chi connectivity index (χ2v) is 5.14. The molecule has 5 nitrogen and oxygen atoms in total. The Hall–Kier alpha value is -2.25. The van der Waals surface area contributed by atoms with Crippen LogP contribution < -0.4 is 16.0 Å². The van der Waals surface area contributed by atoms with Crippen LogP contribution in [0.2, 0.25) is 0 Å². The van der Waals surface area contributed by atoms with Gasteiger partial charge in [-0.25, -0.2) is 4.79 Å². The Bertz CT molecular complexity index is 530. The molecule has 0 aromatic heterocycles. The standard InChI is InChI=1S/C15H20F3N3O2/c1-3-4-10(2)20-13(22)9-19-14(23)21-12-7-5-11(6-8-12)15(16,17)18/h5-8,10H,3-4,9H2,1-2H3,(H,20,22)(H2,19,21,23). The van der Waals surface area contributed by atoms with E-state index in [2.05, 4.69) is 16.0 Å². The summed E-state index contributed by atoms with van der Waals surface area (Å²) in [4.78, 5) is 23.1. The van der Waals surface area contributed by atoms with E-state index in [1.54, 1.807) is 0 Å². The number of anilines is 1. The smallest absolute Gasteiger partial charge is 0.352 e. The minimum absolute atomic E-state index is 0.0206. The highest BCUT2D eigenvalue weighted by Gasteiger charge is 2.29. The highest BCUT2D eigenvalue weighted by atomic mass is 19.4. The van der Waals surface area contributed by atoms with Gasteiger partial charge >= 0.3 is 12.2 Å². The van der Waals surface area contributed by atoms with Crippen LogP contribution in [0.1, 0.15) is 32.3 Å². The molecule has 1 rings (SSSR count). The number of alkyl halides is 3. The van der Waals surface area contributed by atoms with Gasteiger partial charge in [0.25, 0.3) is 0 Å². The molecule has 1 unspecified atom stereocenters. The Labute approximate surface area is 132 Å². The number of amides is 3. The average Bonchev–Trinajstić information content (AvgIpc) is 2.45. The van der Waals surface area contributed by atoms with Crippen LogP contribution in [0.15, 0.2) is 24.3 Å². The highest BCUT2D eigenvalue weighted by Crippen LogP contribution is 2.29. The van der Waals surface area contributed by atoms with E-state index < -0.39 is 17.8 Å². The lowest BCUT2D eigenvalue weighted by molar-refractivity contribution is -0.137. The molecule has 0 heterocycles. The van der Waals surface area contributed by atoms with Crippen molar-refractivity contribution in [3.8, 4) is 0 Å². The molecule has 0 saturated heterocycles. The molecule has 0 aliphatic rings. The maximum atomic E-state index is 12.4. The van der Waals surface area contributed by atoms with Gasteiger partial charge in [0.15, 0.2) is 0 Å². The summed E-state index contributed by atoms with van der Waals surface area (Å²) in [6.07, 6.45) is -2.65. The third-order valence-corrected chi connectivity index (χ3v) is 3.01. The fraction of sp³-hybridized carbons (Fsp3) is 0.467. The van der Waals surface area contributed by atoms with E-state index in [4.69, 9.17) is 0 Å². The molecule has 1 aromatic carbocycles. The molecule has 1 atom stereocenters. The number of nitrogens with one attached hydrogen (secondary N) is 3. The minimum atomic E-state index is -4.42. The van der Waals surface area contributed by atoms with Gasteiger partial charge in [-0.15, -0.1) is 0 Å². The summed E-state index contributed by atoms with van der Waals surface area (Å²) < 4.78 is 37.2. The first-order chi connectivity index (χ1) is 10.7. The van der Waals surface area contributed by atoms with Crippen molar-refractivity contribution in [2.24, 2.45) is 0 Å². The summed E-state index contributed by atoms with van der Waals surface area (Å²) in [5.74, 6) is -0.325. The fourth-order valence-electron chi connectivity index (χ4n) is 1.91.